The van der Waals surface area contributed by atoms with Crippen LogP contribution in [0, 0.1) is 6.92 Å². The van der Waals surface area contributed by atoms with Gasteiger partial charge in [-0.05, 0) is 26.3 Å². The Hall–Kier alpha value is -1.40. The minimum absolute atomic E-state index is 0.232. The van der Waals surface area contributed by atoms with Gasteiger partial charge in [0.25, 0.3) is 0 Å². The van der Waals surface area contributed by atoms with E-state index in [1.165, 1.54) is 12.8 Å². The van der Waals surface area contributed by atoms with E-state index in [1.807, 2.05) is 17.8 Å². The Bertz CT molecular complexity index is 567. The van der Waals surface area contributed by atoms with Crippen LogP contribution >= 0.6 is 11.6 Å². The first kappa shape index (κ1) is 13.6. The topological polar surface area (TPSA) is 60.0 Å². The fraction of sp³-hybridized carbons (Fsp3) is 0.615. The van der Waals surface area contributed by atoms with Crippen molar-refractivity contribution in [3.8, 4) is 0 Å². The van der Waals surface area contributed by atoms with Gasteiger partial charge in [0, 0.05) is 12.7 Å². The van der Waals surface area contributed by atoms with Gasteiger partial charge in [-0.25, -0.2) is 0 Å². The highest BCUT2D eigenvalue weighted by molar-refractivity contribution is 6.30. The molecule has 6 nitrogen and oxygen atoms in total. The molecule has 3 heterocycles. The van der Waals surface area contributed by atoms with Crippen molar-refractivity contribution >= 4 is 11.6 Å². The zero-order chi connectivity index (χ0) is 13.9. The van der Waals surface area contributed by atoms with E-state index in [0.29, 0.717) is 10.8 Å². The van der Waals surface area contributed by atoms with E-state index >= 15 is 0 Å². The van der Waals surface area contributed by atoms with Crippen LogP contribution < -0.4 is 0 Å². The Kier molecular flexibility index (Phi) is 4.03. The summed E-state index contributed by atoms with van der Waals surface area (Å²) in [5, 5.41) is 8.78. The molecule has 1 unspecified atom stereocenters. The maximum absolute atomic E-state index is 5.88. The van der Waals surface area contributed by atoms with Crippen molar-refractivity contribution in [2.24, 2.45) is 0 Å². The maximum atomic E-state index is 5.88. The molecule has 1 atom stereocenters. The molecule has 20 heavy (non-hydrogen) atoms. The van der Waals surface area contributed by atoms with Gasteiger partial charge in [-0.1, -0.05) is 23.2 Å². The minimum atomic E-state index is 0.232. The average Bonchev–Trinajstić information content (AvgIpc) is 3.06. The number of aryl methyl sites for hydroxylation is 1. The van der Waals surface area contributed by atoms with E-state index in [1.54, 1.807) is 6.20 Å². The Labute approximate surface area is 122 Å². The lowest BCUT2D eigenvalue weighted by atomic mass is 10.0. The third kappa shape index (κ3) is 3.02. The molecule has 2 aromatic heterocycles. The largest absolute Gasteiger partial charge is 0.338 e. The first-order chi connectivity index (χ1) is 9.72. The number of piperidine rings is 1. The van der Waals surface area contributed by atoms with Gasteiger partial charge in [0.2, 0.25) is 5.89 Å². The zero-order valence-corrected chi connectivity index (χ0v) is 12.3. The smallest absolute Gasteiger partial charge is 0.243 e. The molecule has 0 N–H and O–H groups in total. The molecule has 2 aromatic rings. The molecule has 1 aliphatic rings. The predicted molar refractivity (Wildman–Crippen MR) is 74.4 cm³/mol. The molecular weight excluding hydrogens is 278 g/mol. The van der Waals surface area contributed by atoms with Crippen LogP contribution in [0.15, 0.2) is 16.9 Å². The fourth-order valence-corrected chi connectivity index (χ4v) is 2.83. The van der Waals surface area contributed by atoms with Gasteiger partial charge in [0.15, 0.2) is 5.82 Å². The summed E-state index contributed by atoms with van der Waals surface area (Å²) in [5.41, 5.74) is 0. The molecule has 0 aromatic carbocycles. The van der Waals surface area contributed by atoms with Crippen molar-refractivity contribution in [2.75, 3.05) is 13.1 Å². The Balaban J connectivity index is 1.66. The van der Waals surface area contributed by atoms with Crippen LogP contribution in [0.1, 0.15) is 37.0 Å². The Morgan fingerprint density at radius 3 is 3.00 bits per heavy atom. The molecule has 0 amide bonds. The summed E-state index contributed by atoms with van der Waals surface area (Å²) in [5.74, 6) is 1.44. The fourth-order valence-electron chi connectivity index (χ4n) is 2.68. The molecule has 108 valence electrons. The van der Waals surface area contributed by atoms with Crippen LogP contribution in [0.3, 0.4) is 0 Å². The summed E-state index contributed by atoms with van der Waals surface area (Å²) < 4.78 is 7.21. The van der Waals surface area contributed by atoms with E-state index in [9.17, 15) is 0 Å². The third-order valence-corrected chi connectivity index (χ3v) is 3.86. The minimum Gasteiger partial charge on any atom is -0.338 e. The molecule has 7 heteroatoms. The molecule has 0 spiro atoms. The molecule has 0 radical (unpaired) electrons. The third-order valence-electron chi connectivity index (χ3n) is 3.66. The molecule has 0 saturated carbocycles. The van der Waals surface area contributed by atoms with Crippen molar-refractivity contribution in [1.29, 1.82) is 0 Å². The monoisotopic (exact) mass is 295 g/mol. The second-order valence-electron chi connectivity index (χ2n) is 5.15. The van der Waals surface area contributed by atoms with E-state index in [2.05, 4.69) is 20.1 Å². The number of rotatable bonds is 4. The van der Waals surface area contributed by atoms with Crippen LogP contribution in [0.4, 0.5) is 0 Å². The van der Waals surface area contributed by atoms with Crippen LogP contribution in [-0.4, -0.2) is 37.9 Å². The SMILES string of the molecule is Cc1noc(C2CCCCN2CCn2cc(Cl)cn2)n1. The lowest BCUT2D eigenvalue weighted by Crippen LogP contribution is -2.36. The summed E-state index contributed by atoms with van der Waals surface area (Å²) in [4.78, 5) is 6.78. The van der Waals surface area contributed by atoms with Crippen molar-refractivity contribution in [3.05, 3.63) is 29.1 Å². The van der Waals surface area contributed by atoms with Crippen LogP contribution in [0.5, 0.6) is 0 Å². The summed E-state index contributed by atoms with van der Waals surface area (Å²) in [6, 6.07) is 0.232. The van der Waals surface area contributed by atoms with E-state index in [-0.39, 0.29) is 6.04 Å². The molecule has 0 aliphatic carbocycles. The lowest BCUT2D eigenvalue weighted by molar-refractivity contribution is 0.113. The number of nitrogens with zero attached hydrogens (tertiary/aromatic N) is 5. The molecule has 3 rings (SSSR count). The summed E-state index contributed by atoms with van der Waals surface area (Å²) in [7, 11) is 0. The quantitative estimate of drug-likeness (QED) is 0.867. The number of hydrogen-bond donors (Lipinski definition) is 0. The van der Waals surface area contributed by atoms with Crippen molar-refractivity contribution in [1.82, 2.24) is 24.8 Å². The van der Waals surface area contributed by atoms with Gasteiger partial charge in [-0.2, -0.15) is 10.1 Å². The number of aromatic nitrogens is 4. The van der Waals surface area contributed by atoms with Gasteiger partial charge >= 0.3 is 0 Å². The first-order valence-corrected chi connectivity index (χ1v) is 7.32. The van der Waals surface area contributed by atoms with Crippen LogP contribution in [0.2, 0.25) is 5.02 Å². The van der Waals surface area contributed by atoms with Crippen LogP contribution in [0.25, 0.3) is 0 Å². The normalized spacial score (nSPS) is 20.4. The summed E-state index contributed by atoms with van der Waals surface area (Å²) in [6.07, 6.45) is 7.00. The highest BCUT2D eigenvalue weighted by Gasteiger charge is 2.28. The van der Waals surface area contributed by atoms with Gasteiger partial charge < -0.3 is 4.52 Å². The molecule has 1 fully saturated rings. The Morgan fingerprint density at radius 2 is 2.30 bits per heavy atom. The van der Waals surface area contributed by atoms with Gasteiger partial charge in [-0.15, -0.1) is 0 Å². The lowest BCUT2D eigenvalue weighted by Gasteiger charge is -2.33. The average molecular weight is 296 g/mol. The second-order valence-corrected chi connectivity index (χ2v) is 5.59. The van der Waals surface area contributed by atoms with Gasteiger partial charge in [0.1, 0.15) is 0 Å². The van der Waals surface area contributed by atoms with E-state index in [4.69, 9.17) is 16.1 Å². The highest BCUT2D eigenvalue weighted by atomic mass is 35.5. The molecular formula is C13H18ClN5O. The van der Waals surface area contributed by atoms with Gasteiger partial charge in [0.05, 0.1) is 23.8 Å². The second kappa shape index (κ2) is 5.93. The molecule has 0 bridgehead atoms. The molecule has 1 saturated heterocycles. The van der Waals surface area contributed by atoms with Crippen molar-refractivity contribution in [2.45, 2.75) is 38.8 Å². The highest BCUT2D eigenvalue weighted by Crippen LogP contribution is 2.29. The zero-order valence-electron chi connectivity index (χ0n) is 11.5. The standard InChI is InChI=1S/C13H18ClN5O/c1-10-16-13(20-17-10)12-4-2-3-5-18(12)6-7-19-9-11(14)8-15-19/h8-9,12H,2-7H2,1H3. The number of likely N-dealkylation sites (tertiary alicyclic amines) is 1. The summed E-state index contributed by atoms with van der Waals surface area (Å²) >= 11 is 5.88. The first-order valence-electron chi connectivity index (χ1n) is 6.94. The Morgan fingerprint density at radius 1 is 1.40 bits per heavy atom. The predicted octanol–water partition coefficient (Wildman–Crippen LogP) is 2.46. The van der Waals surface area contributed by atoms with E-state index in [0.717, 1.165) is 31.9 Å². The number of halogens is 1. The number of hydrogen-bond acceptors (Lipinski definition) is 5. The van der Waals surface area contributed by atoms with Crippen molar-refractivity contribution < 1.29 is 4.52 Å². The maximum Gasteiger partial charge on any atom is 0.243 e. The molecule has 1 aliphatic heterocycles. The van der Waals surface area contributed by atoms with E-state index < -0.39 is 0 Å². The van der Waals surface area contributed by atoms with Crippen LogP contribution in [-0.2, 0) is 6.54 Å². The van der Waals surface area contributed by atoms with Crippen molar-refractivity contribution in [3.63, 3.8) is 0 Å². The van der Waals surface area contributed by atoms with Gasteiger partial charge in [-0.3, -0.25) is 9.58 Å². The summed E-state index contributed by atoms with van der Waals surface area (Å²) in [6.45, 7) is 4.63.